The molecule has 0 aliphatic rings. The minimum atomic E-state index is -0.203. The smallest absolute Gasteiger partial charge is 0.243 e. The summed E-state index contributed by atoms with van der Waals surface area (Å²) in [6.45, 7) is 6.52. The molecule has 0 radical (unpaired) electrons. The lowest BCUT2D eigenvalue weighted by Crippen LogP contribution is -2.22. The van der Waals surface area contributed by atoms with Crippen LogP contribution in [0.1, 0.15) is 12.7 Å². The van der Waals surface area contributed by atoms with E-state index in [9.17, 15) is 4.79 Å². The van der Waals surface area contributed by atoms with Crippen LogP contribution in [0.25, 0.3) is 0 Å². The standard InChI is InChI=1S/C8H12N4O/c1-3-8(13)9-5-7-11-10-6-12(7)4-2/h3,6H,1,4-5H2,2H3,(H,9,13). The van der Waals surface area contributed by atoms with Crippen LogP contribution in [0.2, 0.25) is 0 Å². The van der Waals surface area contributed by atoms with Crippen molar-refractivity contribution >= 4 is 5.91 Å². The topological polar surface area (TPSA) is 59.8 Å². The van der Waals surface area contributed by atoms with Gasteiger partial charge in [-0.25, -0.2) is 0 Å². The highest BCUT2D eigenvalue weighted by Gasteiger charge is 2.02. The number of aryl methyl sites for hydroxylation is 1. The number of carbonyl (C=O) groups excluding carboxylic acids is 1. The number of nitrogens with zero attached hydrogens (tertiary/aromatic N) is 3. The Morgan fingerprint density at radius 3 is 3.23 bits per heavy atom. The minimum Gasteiger partial charge on any atom is -0.345 e. The van der Waals surface area contributed by atoms with Crippen molar-refractivity contribution in [1.82, 2.24) is 20.1 Å². The molecule has 0 aliphatic heterocycles. The van der Waals surface area contributed by atoms with Crippen LogP contribution in [0, 0.1) is 0 Å². The second kappa shape index (κ2) is 4.39. The van der Waals surface area contributed by atoms with Crippen molar-refractivity contribution in [3.63, 3.8) is 0 Å². The number of hydrogen-bond acceptors (Lipinski definition) is 3. The van der Waals surface area contributed by atoms with Crippen molar-refractivity contribution in [2.24, 2.45) is 0 Å². The molecule has 1 heterocycles. The Morgan fingerprint density at radius 2 is 2.62 bits per heavy atom. The van der Waals surface area contributed by atoms with E-state index in [0.29, 0.717) is 6.54 Å². The summed E-state index contributed by atoms with van der Waals surface area (Å²) in [6, 6.07) is 0. The molecule has 5 nitrogen and oxygen atoms in total. The Hall–Kier alpha value is -1.65. The zero-order chi connectivity index (χ0) is 9.68. The van der Waals surface area contributed by atoms with Gasteiger partial charge in [-0.1, -0.05) is 6.58 Å². The van der Waals surface area contributed by atoms with Crippen LogP contribution in [-0.2, 0) is 17.9 Å². The van der Waals surface area contributed by atoms with E-state index in [0.717, 1.165) is 12.4 Å². The lowest BCUT2D eigenvalue weighted by atomic mass is 10.5. The van der Waals surface area contributed by atoms with Gasteiger partial charge in [0.15, 0.2) is 5.82 Å². The summed E-state index contributed by atoms with van der Waals surface area (Å²) in [6.07, 6.45) is 2.86. The third-order valence-corrected chi connectivity index (χ3v) is 1.64. The second-order valence-electron chi connectivity index (χ2n) is 2.46. The monoisotopic (exact) mass is 180 g/mol. The van der Waals surface area contributed by atoms with E-state index >= 15 is 0 Å². The number of hydrogen-bond donors (Lipinski definition) is 1. The first-order valence-electron chi connectivity index (χ1n) is 4.05. The Kier molecular flexibility index (Phi) is 3.19. The van der Waals surface area contributed by atoms with E-state index in [2.05, 4.69) is 22.1 Å². The molecule has 0 atom stereocenters. The maximum atomic E-state index is 10.8. The highest BCUT2D eigenvalue weighted by Crippen LogP contribution is 1.93. The van der Waals surface area contributed by atoms with Gasteiger partial charge >= 0.3 is 0 Å². The fourth-order valence-electron chi connectivity index (χ4n) is 0.918. The maximum Gasteiger partial charge on any atom is 0.243 e. The lowest BCUT2D eigenvalue weighted by molar-refractivity contribution is -0.116. The summed E-state index contributed by atoms with van der Waals surface area (Å²) in [7, 11) is 0. The molecule has 0 fully saturated rings. The van der Waals surface area contributed by atoms with Crippen LogP contribution in [0.4, 0.5) is 0 Å². The maximum absolute atomic E-state index is 10.8. The van der Waals surface area contributed by atoms with Gasteiger partial charge in [0.2, 0.25) is 5.91 Å². The van der Waals surface area contributed by atoms with Gasteiger partial charge in [-0.15, -0.1) is 10.2 Å². The first-order chi connectivity index (χ1) is 6.27. The Balaban J connectivity index is 2.53. The summed E-state index contributed by atoms with van der Waals surface area (Å²) in [5.74, 6) is 0.545. The molecule has 0 spiro atoms. The summed E-state index contributed by atoms with van der Waals surface area (Å²) in [5.41, 5.74) is 0. The quantitative estimate of drug-likeness (QED) is 0.668. The van der Waals surface area contributed by atoms with Crippen LogP contribution in [-0.4, -0.2) is 20.7 Å². The molecule has 0 bridgehead atoms. The second-order valence-corrected chi connectivity index (χ2v) is 2.46. The van der Waals surface area contributed by atoms with Crippen molar-refractivity contribution in [2.45, 2.75) is 20.0 Å². The molecule has 0 aromatic carbocycles. The molecular weight excluding hydrogens is 168 g/mol. The van der Waals surface area contributed by atoms with Crippen molar-refractivity contribution in [3.05, 3.63) is 24.8 Å². The number of carbonyl (C=O) groups is 1. The van der Waals surface area contributed by atoms with E-state index in [4.69, 9.17) is 0 Å². The largest absolute Gasteiger partial charge is 0.345 e. The number of nitrogens with one attached hydrogen (secondary N) is 1. The van der Waals surface area contributed by atoms with Gasteiger partial charge in [-0.3, -0.25) is 4.79 Å². The van der Waals surface area contributed by atoms with Crippen LogP contribution < -0.4 is 5.32 Å². The van der Waals surface area contributed by atoms with Crippen LogP contribution >= 0.6 is 0 Å². The first kappa shape index (κ1) is 9.44. The average molecular weight is 180 g/mol. The predicted molar refractivity (Wildman–Crippen MR) is 47.7 cm³/mol. The molecule has 1 amide bonds. The third kappa shape index (κ3) is 2.40. The van der Waals surface area contributed by atoms with Crippen LogP contribution in [0.3, 0.4) is 0 Å². The van der Waals surface area contributed by atoms with Crippen LogP contribution in [0.5, 0.6) is 0 Å². The molecule has 0 unspecified atom stereocenters. The van der Waals surface area contributed by atoms with Crippen LogP contribution in [0.15, 0.2) is 19.0 Å². The molecule has 13 heavy (non-hydrogen) atoms. The SMILES string of the molecule is C=CC(=O)NCc1nncn1CC. The highest BCUT2D eigenvalue weighted by atomic mass is 16.1. The molecule has 1 aromatic heterocycles. The van der Waals surface area contributed by atoms with Crippen molar-refractivity contribution in [1.29, 1.82) is 0 Å². The van der Waals surface area contributed by atoms with Gasteiger partial charge in [-0.05, 0) is 13.0 Å². The van der Waals surface area contributed by atoms with Gasteiger partial charge in [0.05, 0.1) is 6.54 Å². The van der Waals surface area contributed by atoms with Crippen molar-refractivity contribution in [2.75, 3.05) is 0 Å². The third-order valence-electron chi connectivity index (χ3n) is 1.64. The predicted octanol–water partition coefficient (Wildman–Crippen LogP) is 0.100. The fourth-order valence-corrected chi connectivity index (χ4v) is 0.918. The summed E-state index contributed by atoms with van der Waals surface area (Å²) in [4.78, 5) is 10.8. The first-order valence-corrected chi connectivity index (χ1v) is 4.05. The van der Waals surface area contributed by atoms with Crippen molar-refractivity contribution in [3.8, 4) is 0 Å². The molecule has 0 saturated heterocycles. The number of aromatic nitrogens is 3. The molecule has 1 rings (SSSR count). The van der Waals surface area contributed by atoms with Gasteiger partial charge in [0.1, 0.15) is 6.33 Å². The van der Waals surface area contributed by atoms with Gasteiger partial charge < -0.3 is 9.88 Å². The molecule has 70 valence electrons. The van der Waals surface area contributed by atoms with E-state index < -0.39 is 0 Å². The Labute approximate surface area is 76.5 Å². The Morgan fingerprint density at radius 1 is 1.85 bits per heavy atom. The van der Waals surface area contributed by atoms with E-state index in [1.54, 1.807) is 6.33 Å². The molecule has 1 N–H and O–H groups in total. The van der Waals surface area contributed by atoms with E-state index in [-0.39, 0.29) is 5.91 Å². The molecule has 1 aromatic rings. The fraction of sp³-hybridized carbons (Fsp3) is 0.375. The summed E-state index contributed by atoms with van der Waals surface area (Å²) >= 11 is 0. The lowest BCUT2D eigenvalue weighted by Gasteiger charge is -2.02. The zero-order valence-electron chi connectivity index (χ0n) is 7.53. The number of amides is 1. The van der Waals surface area contributed by atoms with Gasteiger partial charge in [0, 0.05) is 6.54 Å². The van der Waals surface area contributed by atoms with Gasteiger partial charge in [-0.2, -0.15) is 0 Å². The average Bonchev–Trinajstić information content (AvgIpc) is 2.61. The van der Waals surface area contributed by atoms with Gasteiger partial charge in [0.25, 0.3) is 0 Å². The normalized spacial score (nSPS) is 9.62. The minimum absolute atomic E-state index is 0.203. The zero-order valence-corrected chi connectivity index (χ0v) is 7.53. The molecule has 5 heteroatoms. The highest BCUT2D eigenvalue weighted by molar-refractivity contribution is 5.86. The van der Waals surface area contributed by atoms with E-state index in [1.165, 1.54) is 6.08 Å². The molecular formula is C8H12N4O. The van der Waals surface area contributed by atoms with E-state index in [1.807, 2.05) is 11.5 Å². The number of rotatable bonds is 4. The molecule has 0 saturated carbocycles. The Bertz CT molecular complexity index is 305. The summed E-state index contributed by atoms with van der Waals surface area (Å²) < 4.78 is 1.86. The van der Waals surface area contributed by atoms with Crippen molar-refractivity contribution < 1.29 is 4.79 Å². The summed E-state index contributed by atoms with van der Waals surface area (Å²) in [5, 5.41) is 10.2. The molecule has 0 aliphatic carbocycles.